The van der Waals surface area contributed by atoms with Crippen molar-refractivity contribution in [1.29, 1.82) is 0 Å². The van der Waals surface area contributed by atoms with Gasteiger partial charge >= 0.3 is 0 Å². The minimum atomic E-state index is -0.224. The average molecular weight is 389 g/mol. The third kappa shape index (κ3) is 4.43. The zero-order chi connectivity index (χ0) is 20.1. The van der Waals surface area contributed by atoms with Crippen molar-refractivity contribution in [3.63, 3.8) is 0 Å². The first-order chi connectivity index (χ1) is 14.2. The second kappa shape index (κ2) is 8.66. The molecule has 1 fully saturated rings. The van der Waals surface area contributed by atoms with Gasteiger partial charge in [-0.3, -0.25) is 4.79 Å². The molecule has 2 N–H and O–H groups in total. The van der Waals surface area contributed by atoms with Crippen molar-refractivity contribution in [2.75, 3.05) is 19.7 Å². The molecule has 1 atom stereocenters. The van der Waals surface area contributed by atoms with Crippen molar-refractivity contribution in [2.24, 2.45) is 5.41 Å². The Labute approximate surface area is 172 Å². The summed E-state index contributed by atoms with van der Waals surface area (Å²) in [7, 11) is 0. The third-order valence-electron chi connectivity index (χ3n) is 6.07. The molecule has 2 aromatic carbocycles. The Bertz CT molecular complexity index is 936. The summed E-state index contributed by atoms with van der Waals surface area (Å²) in [5, 5.41) is 10.2. The highest BCUT2D eigenvalue weighted by Gasteiger charge is 2.36. The van der Waals surface area contributed by atoms with Gasteiger partial charge in [0.15, 0.2) is 0 Å². The van der Waals surface area contributed by atoms with Gasteiger partial charge in [0.05, 0.1) is 6.61 Å². The minimum absolute atomic E-state index is 0.0180. The molecule has 4 heteroatoms. The standard InChI is InChI=1S/C25H28N2O2/c28-19-25(16-14-20-8-3-1-4-9-20)15-7-17-27(18-25)24(29)23-13-12-22(26-23)21-10-5-2-6-11-21/h1-6,8-13,26,28H,7,14-19H2/t25-/m0/s1. The molecule has 4 nitrogen and oxygen atoms in total. The number of aliphatic hydroxyl groups is 1. The van der Waals surface area contributed by atoms with E-state index >= 15 is 0 Å². The summed E-state index contributed by atoms with van der Waals surface area (Å²) in [4.78, 5) is 18.3. The van der Waals surface area contributed by atoms with E-state index in [1.54, 1.807) is 0 Å². The zero-order valence-electron chi connectivity index (χ0n) is 16.7. The van der Waals surface area contributed by atoms with Crippen LogP contribution in [0.3, 0.4) is 0 Å². The molecule has 0 aliphatic carbocycles. The van der Waals surface area contributed by atoms with E-state index in [9.17, 15) is 9.90 Å². The van der Waals surface area contributed by atoms with Crippen LogP contribution in [-0.2, 0) is 6.42 Å². The number of aromatic nitrogens is 1. The second-order valence-corrected chi connectivity index (χ2v) is 8.13. The number of nitrogens with zero attached hydrogens (tertiary/aromatic N) is 1. The highest BCUT2D eigenvalue weighted by molar-refractivity contribution is 5.93. The molecule has 3 aromatic rings. The van der Waals surface area contributed by atoms with Crippen LogP contribution in [0.4, 0.5) is 0 Å². The van der Waals surface area contributed by atoms with Crippen LogP contribution >= 0.6 is 0 Å². The molecule has 1 amide bonds. The number of amides is 1. The maximum absolute atomic E-state index is 13.1. The van der Waals surface area contributed by atoms with Crippen LogP contribution in [0.1, 0.15) is 35.3 Å². The lowest BCUT2D eigenvalue weighted by Crippen LogP contribution is -2.48. The quantitative estimate of drug-likeness (QED) is 0.652. The number of hydrogen-bond acceptors (Lipinski definition) is 2. The topological polar surface area (TPSA) is 56.3 Å². The summed E-state index contributed by atoms with van der Waals surface area (Å²) in [5.41, 5.74) is 3.68. The smallest absolute Gasteiger partial charge is 0.270 e. The summed E-state index contributed by atoms with van der Waals surface area (Å²) in [5.74, 6) is 0.0180. The van der Waals surface area contributed by atoms with Gasteiger partial charge in [0, 0.05) is 24.2 Å². The van der Waals surface area contributed by atoms with Crippen molar-refractivity contribution in [3.05, 3.63) is 84.1 Å². The lowest BCUT2D eigenvalue weighted by atomic mass is 9.76. The Kier molecular flexibility index (Phi) is 5.81. The first-order valence-corrected chi connectivity index (χ1v) is 10.4. The minimum Gasteiger partial charge on any atom is -0.396 e. The molecule has 29 heavy (non-hydrogen) atoms. The maximum Gasteiger partial charge on any atom is 0.270 e. The number of nitrogens with one attached hydrogen (secondary N) is 1. The van der Waals surface area contributed by atoms with Gasteiger partial charge in [0.25, 0.3) is 5.91 Å². The number of carbonyl (C=O) groups is 1. The number of aliphatic hydroxyl groups excluding tert-OH is 1. The van der Waals surface area contributed by atoms with Gasteiger partial charge in [0.1, 0.15) is 5.69 Å². The van der Waals surface area contributed by atoms with Crippen molar-refractivity contribution in [3.8, 4) is 11.3 Å². The summed E-state index contributed by atoms with van der Waals surface area (Å²) in [6.07, 6.45) is 3.69. The van der Waals surface area contributed by atoms with E-state index < -0.39 is 0 Å². The number of piperidine rings is 1. The maximum atomic E-state index is 13.1. The highest BCUT2D eigenvalue weighted by Crippen LogP contribution is 2.35. The van der Waals surface area contributed by atoms with E-state index in [1.807, 2.05) is 65.6 Å². The summed E-state index contributed by atoms with van der Waals surface area (Å²) in [6, 6.07) is 24.2. The van der Waals surface area contributed by atoms with Crippen LogP contribution in [0.15, 0.2) is 72.8 Å². The molecule has 1 aliphatic heterocycles. The number of aromatic amines is 1. The van der Waals surface area contributed by atoms with Crippen molar-refractivity contribution >= 4 is 5.91 Å². The van der Waals surface area contributed by atoms with Gasteiger partial charge in [0.2, 0.25) is 0 Å². The van der Waals surface area contributed by atoms with Crippen LogP contribution in [-0.4, -0.2) is 40.6 Å². The Morgan fingerprint density at radius 1 is 1.00 bits per heavy atom. The van der Waals surface area contributed by atoms with E-state index in [2.05, 4.69) is 17.1 Å². The molecule has 1 aromatic heterocycles. The normalized spacial score (nSPS) is 19.3. The highest BCUT2D eigenvalue weighted by atomic mass is 16.3. The average Bonchev–Trinajstić information content (AvgIpc) is 3.29. The van der Waals surface area contributed by atoms with Crippen molar-refractivity contribution < 1.29 is 9.90 Å². The molecule has 150 valence electrons. The lowest BCUT2D eigenvalue weighted by Gasteiger charge is -2.42. The molecule has 0 radical (unpaired) electrons. The van der Waals surface area contributed by atoms with Crippen LogP contribution in [0.25, 0.3) is 11.3 Å². The van der Waals surface area contributed by atoms with Crippen LogP contribution in [0, 0.1) is 5.41 Å². The van der Waals surface area contributed by atoms with Crippen molar-refractivity contribution in [1.82, 2.24) is 9.88 Å². The van der Waals surface area contributed by atoms with Gasteiger partial charge < -0.3 is 15.0 Å². The first-order valence-electron chi connectivity index (χ1n) is 10.4. The van der Waals surface area contributed by atoms with Crippen LogP contribution < -0.4 is 0 Å². The van der Waals surface area contributed by atoms with Crippen molar-refractivity contribution in [2.45, 2.75) is 25.7 Å². The van der Waals surface area contributed by atoms with E-state index in [1.165, 1.54) is 5.56 Å². The predicted octanol–water partition coefficient (Wildman–Crippen LogP) is 4.53. The predicted molar refractivity (Wildman–Crippen MR) is 116 cm³/mol. The molecule has 1 aliphatic rings. The molecule has 4 rings (SSSR count). The molecular formula is C25H28N2O2. The Hall–Kier alpha value is -2.85. The lowest BCUT2D eigenvalue weighted by molar-refractivity contribution is 0.0225. The molecular weight excluding hydrogens is 360 g/mol. The number of carbonyl (C=O) groups excluding carboxylic acids is 1. The number of likely N-dealkylation sites (tertiary alicyclic amines) is 1. The molecule has 1 saturated heterocycles. The molecule has 0 bridgehead atoms. The number of rotatable bonds is 6. The summed E-state index contributed by atoms with van der Waals surface area (Å²) >= 11 is 0. The van der Waals surface area contributed by atoms with Crippen LogP contribution in [0.5, 0.6) is 0 Å². The SMILES string of the molecule is O=C(c1ccc(-c2ccccc2)[nH]1)N1CCC[C@](CO)(CCc2ccccc2)C1. The number of hydrogen-bond donors (Lipinski definition) is 2. The fraction of sp³-hybridized carbons (Fsp3) is 0.320. The largest absolute Gasteiger partial charge is 0.396 e. The fourth-order valence-corrected chi connectivity index (χ4v) is 4.32. The molecule has 0 saturated carbocycles. The number of aryl methyl sites for hydroxylation is 1. The fourth-order valence-electron chi connectivity index (χ4n) is 4.32. The zero-order valence-corrected chi connectivity index (χ0v) is 16.7. The monoisotopic (exact) mass is 388 g/mol. The Morgan fingerprint density at radius 3 is 2.45 bits per heavy atom. The van der Waals surface area contributed by atoms with E-state index in [4.69, 9.17) is 0 Å². The third-order valence-corrected chi connectivity index (χ3v) is 6.07. The van der Waals surface area contributed by atoms with Gasteiger partial charge in [-0.2, -0.15) is 0 Å². The van der Waals surface area contributed by atoms with Gasteiger partial charge in [-0.25, -0.2) is 0 Å². The van der Waals surface area contributed by atoms with Crippen LogP contribution in [0.2, 0.25) is 0 Å². The van der Waals surface area contributed by atoms with E-state index in [-0.39, 0.29) is 17.9 Å². The second-order valence-electron chi connectivity index (χ2n) is 8.13. The molecule has 0 unspecified atom stereocenters. The van der Waals surface area contributed by atoms with Gasteiger partial charge in [-0.15, -0.1) is 0 Å². The summed E-state index contributed by atoms with van der Waals surface area (Å²) < 4.78 is 0. The molecule has 2 heterocycles. The summed E-state index contributed by atoms with van der Waals surface area (Å²) in [6.45, 7) is 1.46. The molecule has 0 spiro atoms. The van der Waals surface area contributed by atoms with E-state index in [0.717, 1.165) is 43.5 Å². The van der Waals surface area contributed by atoms with E-state index in [0.29, 0.717) is 12.2 Å². The number of H-pyrrole nitrogens is 1. The number of benzene rings is 2. The first kappa shape index (κ1) is 19.5. The Balaban J connectivity index is 1.45. The van der Waals surface area contributed by atoms with Gasteiger partial charge in [-0.05, 0) is 48.9 Å². The Morgan fingerprint density at radius 2 is 1.72 bits per heavy atom. The van der Waals surface area contributed by atoms with Gasteiger partial charge in [-0.1, -0.05) is 60.7 Å².